The molecule has 0 bridgehead atoms. The van der Waals surface area contributed by atoms with Gasteiger partial charge in [0.1, 0.15) is 18.2 Å². The van der Waals surface area contributed by atoms with E-state index in [-0.39, 0.29) is 17.7 Å². The number of aromatic nitrogens is 4. The summed E-state index contributed by atoms with van der Waals surface area (Å²) >= 11 is 0. The summed E-state index contributed by atoms with van der Waals surface area (Å²) in [6.45, 7) is -0.764. The summed E-state index contributed by atoms with van der Waals surface area (Å²) in [6.07, 6.45) is 6.74. The number of carbonyl (C=O) groups is 5. The van der Waals surface area contributed by atoms with Gasteiger partial charge in [0.2, 0.25) is 5.91 Å². The van der Waals surface area contributed by atoms with Crippen molar-refractivity contribution in [3.05, 3.63) is 60.6 Å². The summed E-state index contributed by atoms with van der Waals surface area (Å²) < 4.78 is 36.4. The molecule has 9 N–H and O–H groups in total. The summed E-state index contributed by atoms with van der Waals surface area (Å²) in [6, 6.07) is 1.50. The number of H-pyrrole nitrogens is 1. The molecule has 2 rings (SSSR count). The van der Waals surface area contributed by atoms with Crippen molar-refractivity contribution < 1.29 is 57.6 Å². The lowest BCUT2D eigenvalue weighted by Gasteiger charge is -2.08. The second-order valence-electron chi connectivity index (χ2n) is 8.56. The van der Waals surface area contributed by atoms with Gasteiger partial charge in [0.05, 0.1) is 6.33 Å². The fraction of sp³-hybridized carbons (Fsp3) is 0.346. The van der Waals surface area contributed by atoms with E-state index in [0.29, 0.717) is 55.9 Å². The Hall–Kier alpha value is -5.82. The molecule has 0 unspecified atom stereocenters. The highest BCUT2D eigenvalue weighted by atomic mass is 19.4. The summed E-state index contributed by atoms with van der Waals surface area (Å²) in [5, 5.41) is 36.6. The number of nitrogens with one attached hydrogen (secondary N) is 3. The lowest BCUT2D eigenvalue weighted by molar-refractivity contribution is -0.134. The van der Waals surface area contributed by atoms with Gasteiger partial charge < -0.3 is 41.8 Å². The van der Waals surface area contributed by atoms with E-state index >= 15 is 0 Å². The van der Waals surface area contributed by atoms with Gasteiger partial charge in [-0.15, -0.1) is 0 Å². The summed E-state index contributed by atoms with van der Waals surface area (Å²) in [5.74, 6) is -4.56. The third kappa shape index (κ3) is 25.9. The smallest absolute Gasteiger partial charge is 0.408 e. The van der Waals surface area contributed by atoms with E-state index in [9.17, 15) is 37.1 Å². The monoisotopic (exact) mass is 658 g/mol. The first-order valence-corrected chi connectivity index (χ1v) is 13.0. The maximum absolute atomic E-state index is 12.1. The SMILES string of the molecule is NC(=NCC(F)(F)F)Nc1ccnc(CCCCCNC(=O)CCc2cnc[nH]2)n1.O=C(O)/C=C\C(=O)O.O=C(O)/C=C\C(=O)O. The van der Waals surface area contributed by atoms with Crippen molar-refractivity contribution in [2.75, 3.05) is 18.4 Å². The number of aromatic amines is 1. The number of unbranched alkanes of at least 4 members (excludes halogenated alkanes) is 2. The number of imidazole rings is 1. The number of guanidine groups is 1. The molecule has 1 amide bonds. The van der Waals surface area contributed by atoms with E-state index in [2.05, 4.69) is 35.6 Å². The summed E-state index contributed by atoms with van der Waals surface area (Å²) in [7, 11) is 0. The number of aliphatic imine (C=N–C) groups is 1. The van der Waals surface area contributed by atoms with Gasteiger partial charge in [-0.2, -0.15) is 13.2 Å². The van der Waals surface area contributed by atoms with E-state index in [1.807, 2.05) is 0 Å². The molecule has 0 aliphatic heterocycles. The molecule has 46 heavy (non-hydrogen) atoms. The normalized spacial score (nSPS) is 11.2. The number of halogens is 3. The Morgan fingerprint density at radius 1 is 0.913 bits per heavy atom. The molecule has 252 valence electrons. The van der Waals surface area contributed by atoms with Crippen molar-refractivity contribution >= 4 is 41.6 Å². The fourth-order valence-electron chi connectivity index (χ4n) is 2.79. The quantitative estimate of drug-likeness (QED) is 0.0581. The number of aryl methyl sites for hydroxylation is 2. The molecule has 2 aromatic rings. The maximum atomic E-state index is 12.1. The summed E-state index contributed by atoms with van der Waals surface area (Å²) in [5.41, 5.74) is 6.36. The minimum atomic E-state index is -4.41. The Balaban J connectivity index is 0.00000104. The molecule has 0 saturated heterocycles. The van der Waals surface area contributed by atoms with Crippen LogP contribution in [0.15, 0.2) is 54.1 Å². The van der Waals surface area contributed by atoms with Gasteiger partial charge in [-0.05, 0) is 25.3 Å². The molecular formula is C26H33F3N8O9. The highest BCUT2D eigenvalue weighted by Gasteiger charge is 2.26. The van der Waals surface area contributed by atoms with Gasteiger partial charge in [-0.1, -0.05) is 6.42 Å². The first kappa shape index (κ1) is 40.2. The number of alkyl halides is 3. The van der Waals surface area contributed by atoms with E-state index in [0.717, 1.165) is 25.0 Å². The first-order valence-electron chi connectivity index (χ1n) is 13.0. The second-order valence-corrected chi connectivity index (χ2v) is 8.56. The highest BCUT2D eigenvalue weighted by molar-refractivity contribution is 5.91. The molecule has 0 aromatic carbocycles. The maximum Gasteiger partial charge on any atom is 0.408 e. The molecule has 17 nitrogen and oxygen atoms in total. The Morgan fingerprint density at radius 3 is 2.00 bits per heavy atom. The number of anilines is 1. The number of nitrogens with zero attached hydrogens (tertiary/aromatic N) is 4. The Labute approximate surface area is 259 Å². The zero-order chi connectivity index (χ0) is 35.0. The molecule has 0 spiro atoms. The van der Waals surface area contributed by atoms with E-state index < -0.39 is 36.6 Å². The summed E-state index contributed by atoms with van der Waals surface area (Å²) in [4.78, 5) is 68.4. The van der Waals surface area contributed by atoms with Crippen molar-refractivity contribution in [3.8, 4) is 0 Å². The average Bonchev–Trinajstić information content (AvgIpc) is 3.49. The minimum absolute atomic E-state index is 0.00325. The van der Waals surface area contributed by atoms with Crippen LogP contribution in [0.1, 0.15) is 37.2 Å². The number of rotatable bonds is 15. The predicted octanol–water partition coefficient (Wildman–Crippen LogP) is 1.37. The lowest BCUT2D eigenvalue weighted by Crippen LogP contribution is -2.26. The number of hydrogen-bond acceptors (Lipinski definition) is 9. The number of aliphatic carboxylic acids is 4. The minimum Gasteiger partial charge on any atom is -0.478 e. The lowest BCUT2D eigenvalue weighted by atomic mass is 10.2. The van der Waals surface area contributed by atoms with Crippen LogP contribution < -0.4 is 16.4 Å². The first-order chi connectivity index (χ1) is 21.6. The van der Waals surface area contributed by atoms with Gasteiger partial charge in [-0.25, -0.2) is 39.1 Å². The van der Waals surface area contributed by atoms with E-state index in [1.165, 1.54) is 12.3 Å². The van der Waals surface area contributed by atoms with Crippen molar-refractivity contribution in [3.63, 3.8) is 0 Å². The van der Waals surface area contributed by atoms with Crippen LogP contribution in [0, 0.1) is 0 Å². The molecule has 0 radical (unpaired) electrons. The van der Waals surface area contributed by atoms with Crippen LogP contribution in [0.25, 0.3) is 0 Å². The zero-order valence-corrected chi connectivity index (χ0v) is 24.1. The number of carboxylic acids is 4. The molecule has 0 aliphatic rings. The molecule has 0 fully saturated rings. The zero-order valence-electron chi connectivity index (χ0n) is 24.1. The average molecular weight is 659 g/mol. The van der Waals surface area contributed by atoms with Gasteiger partial charge in [0.25, 0.3) is 0 Å². The molecule has 0 saturated carbocycles. The van der Waals surface area contributed by atoms with Crippen LogP contribution in [-0.4, -0.2) is 95.4 Å². The number of carbonyl (C=O) groups excluding carboxylic acids is 1. The number of nitrogens with two attached hydrogens (primary N) is 1. The molecule has 20 heteroatoms. The third-order valence-electron chi connectivity index (χ3n) is 4.70. The fourth-order valence-corrected chi connectivity index (χ4v) is 2.79. The molecular weight excluding hydrogens is 625 g/mol. The van der Waals surface area contributed by atoms with E-state index in [1.54, 1.807) is 12.5 Å². The van der Waals surface area contributed by atoms with Gasteiger partial charge in [-0.3, -0.25) is 4.79 Å². The topological polar surface area (TPSA) is 283 Å². The standard InChI is InChI=1S/C18H25F3N8O.2C4H4O4/c19-18(20,21)11-26-17(22)29-15-7-9-24-14(28-15)4-2-1-3-8-25-16(30)6-5-13-10-23-12-27-13;2*5-3(6)1-2-4(7)8/h7,9-10,12H,1-6,8,11H2,(H,23,27)(H,25,30)(H3,22,24,26,28,29);2*1-2H,(H,5,6)(H,7,8)/b;2*2-1-. The Morgan fingerprint density at radius 2 is 1.50 bits per heavy atom. The van der Waals surface area contributed by atoms with Crippen molar-refractivity contribution in [2.45, 2.75) is 44.7 Å². The van der Waals surface area contributed by atoms with Crippen LogP contribution in [0.3, 0.4) is 0 Å². The largest absolute Gasteiger partial charge is 0.478 e. The van der Waals surface area contributed by atoms with Crippen LogP contribution >= 0.6 is 0 Å². The molecule has 2 heterocycles. The number of amides is 1. The molecule has 0 atom stereocenters. The third-order valence-corrected chi connectivity index (χ3v) is 4.70. The van der Waals surface area contributed by atoms with Crippen LogP contribution in [-0.2, 0) is 36.8 Å². The number of carboxylic acid groups (broad SMARTS) is 4. The van der Waals surface area contributed by atoms with Crippen LogP contribution in [0.4, 0.5) is 19.0 Å². The highest BCUT2D eigenvalue weighted by Crippen LogP contribution is 2.14. The molecule has 2 aromatic heterocycles. The van der Waals surface area contributed by atoms with Crippen molar-refractivity contribution in [1.29, 1.82) is 0 Å². The Kier molecular flexibility index (Phi) is 19.8. The van der Waals surface area contributed by atoms with Crippen molar-refractivity contribution in [1.82, 2.24) is 25.3 Å². The van der Waals surface area contributed by atoms with Crippen molar-refractivity contribution in [2.24, 2.45) is 10.7 Å². The van der Waals surface area contributed by atoms with Gasteiger partial charge >= 0.3 is 30.1 Å². The van der Waals surface area contributed by atoms with Crippen LogP contribution in [0.5, 0.6) is 0 Å². The van der Waals surface area contributed by atoms with E-state index in [4.69, 9.17) is 26.2 Å². The van der Waals surface area contributed by atoms with Crippen LogP contribution in [0.2, 0.25) is 0 Å². The second kappa shape index (κ2) is 22.7. The number of hydrogen-bond donors (Lipinski definition) is 8. The van der Waals surface area contributed by atoms with Gasteiger partial charge in [0.15, 0.2) is 5.96 Å². The predicted molar refractivity (Wildman–Crippen MR) is 154 cm³/mol. The van der Waals surface area contributed by atoms with Gasteiger partial charge in [0, 0.05) is 61.8 Å². The molecule has 0 aliphatic carbocycles. The Bertz CT molecular complexity index is 1280.